The Hall–Kier alpha value is -1.28. The van der Waals surface area contributed by atoms with E-state index >= 15 is 0 Å². The van der Waals surface area contributed by atoms with Crippen molar-refractivity contribution >= 4 is 6.08 Å². The van der Waals surface area contributed by atoms with Gasteiger partial charge in [-0.3, -0.25) is 0 Å². The van der Waals surface area contributed by atoms with E-state index in [1.54, 1.807) is 0 Å². The van der Waals surface area contributed by atoms with Crippen molar-refractivity contribution in [2.75, 3.05) is 13.2 Å². The van der Waals surface area contributed by atoms with Crippen LogP contribution >= 0.6 is 0 Å². The van der Waals surface area contributed by atoms with Crippen molar-refractivity contribution in [1.82, 2.24) is 5.32 Å². The number of fused-ring (bicyclic) bond motifs is 1. The van der Waals surface area contributed by atoms with Gasteiger partial charge < -0.3 is 10.1 Å². The standard InChI is InChI=1S/C14H19NO/c1-2-3-10-15-13-9-8-12-6-4-5-7-14(12)16-11-13/h4-9,13,15H,2-3,10-11H2,1H3. The Labute approximate surface area is 97.3 Å². The summed E-state index contributed by atoms with van der Waals surface area (Å²) in [6, 6.07) is 8.49. The molecule has 0 saturated carbocycles. The minimum absolute atomic E-state index is 0.332. The number of nitrogens with one attached hydrogen (secondary N) is 1. The van der Waals surface area contributed by atoms with Gasteiger partial charge in [-0.05, 0) is 19.0 Å². The zero-order chi connectivity index (χ0) is 11.2. The molecule has 1 aliphatic rings. The second-order valence-corrected chi connectivity index (χ2v) is 4.12. The molecular weight excluding hydrogens is 198 g/mol. The fourth-order valence-electron chi connectivity index (χ4n) is 1.80. The van der Waals surface area contributed by atoms with Gasteiger partial charge in [0.05, 0.1) is 6.04 Å². The third-order valence-corrected chi connectivity index (χ3v) is 2.78. The predicted octanol–water partition coefficient (Wildman–Crippen LogP) is 2.85. The zero-order valence-corrected chi connectivity index (χ0v) is 9.78. The molecule has 1 aromatic carbocycles. The maximum absolute atomic E-state index is 5.77. The van der Waals surface area contributed by atoms with Crippen LogP contribution in [-0.4, -0.2) is 19.2 Å². The summed E-state index contributed by atoms with van der Waals surface area (Å²) in [7, 11) is 0. The van der Waals surface area contributed by atoms with Gasteiger partial charge in [-0.1, -0.05) is 43.7 Å². The van der Waals surface area contributed by atoms with Gasteiger partial charge in [0.2, 0.25) is 0 Å². The summed E-state index contributed by atoms with van der Waals surface area (Å²) in [5.41, 5.74) is 1.17. The first-order valence-corrected chi connectivity index (χ1v) is 6.03. The van der Waals surface area contributed by atoms with Gasteiger partial charge in [0, 0.05) is 5.56 Å². The molecule has 0 aromatic heterocycles. The highest BCUT2D eigenvalue weighted by molar-refractivity contribution is 5.58. The van der Waals surface area contributed by atoms with Gasteiger partial charge in [0.25, 0.3) is 0 Å². The summed E-state index contributed by atoms with van der Waals surface area (Å²) < 4.78 is 5.77. The molecule has 1 unspecified atom stereocenters. The fourth-order valence-corrected chi connectivity index (χ4v) is 1.80. The molecule has 1 aliphatic heterocycles. The number of rotatable bonds is 4. The first-order valence-electron chi connectivity index (χ1n) is 6.03. The largest absolute Gasteiger partial charge is 0.491 e. The molecule has 86 valence electrons. The molecule has 1 aromatic rings. The Morgan fingerprint density at radius 2 is 2.25 bits per heavy atom. The number of hydrogen-bond acceptors (Lipinski definition) is 2. The van der Waals surface area contributed by atoms with Crippen LogP contribution in [0.5, 0.6) is 5.75 Å². The summed E-state index contributed by atoms with van der Waals surface area (Å²) >= 11 is 0. The lowest BCUT2D eigenvalue weighted by Crippen LogP contribution is -2.33. The fraction of sp³-hybridized carbons (Fsp3) is 0.429. The molecule has 0 radical (unpaired) electrons. The number of unbranched alkanes of at least 4 members (excludes halogenated alkanes) is 1. The lowest BCUT2D eigenvalue weighted by Gasteiger charge is -2.13. The monoisotopic (exact) mass is 217 g/mol. The van der Waals surface area contributed by atoms with E-state index in [1.807, 2.05) is 18.2 Å². The Morgan fingerprint density at radius 1 is 1.38 bits per heavy atom. The zero-order valence-electron chi connectivity index (χ0n) is 9.78. The molecule has 0 fully saturated rings. The number of hydrogen-bond donors (Lipinski definition) is 1. The van der Waals surface area contributed by atoms with Gasteiger partial charge in [-0.2, -0.15) is 0 Å². The summed E-state index contributed by atoms with van der Waals surface area (Å²) in [5.74, 6) is 0.985. The van der Waals surface area contributed by atoms with E-state index in [-0.39, 0.29) is 0 Å². The highest BCUT2D eigenvalue weighted by Crippen LogP contribution is 2.22. The van der Waals surface area contributed by atoms with Gasteiger partial charge in [-0.15, -0.1) is 0 Å². The summed E-state index contributed by atoms with van der Waals surface area (Å²) in [6.07, 6.45) is 6.79. The van der Waals surface area contributed by atoms with Crippen molar-refractivity contribution in [2.24, 2.45) is 0 Å². The Kier molecular flexibility index (Phi) is 4.00. The highest BCUT2D eigenvalue weighted by Gasteiger charge is 2.10. The lowest BCUT2D eigenvalue weighted by molar-refractivity contribution is 0.288. The number of para-hydroxylation sites is 1. The van der Waals surface area contributed by atoms with E-state index in [2.05, 4.69) is 30.5 Å². The third-order valence-electron chi connectivity index (χ3n) is 2.78. The maximum Gasteiger partial charge on any atom is 0.126 e. The molecule has 2 rings (SSSR count). The van der Waals surface area contributed by atoms with Crippen molar-refractivity contribution in [3.8, 4) is 5.75 Å². The van der Waals surface area contributed by atoms with E-state index in [4.69, 9.17) is 4.74 Å². The normalized spacial score (nSPS) is 18.7. The van der Waals surface area contributed by atoms with Crippen LogP contribution in [0.1, 0.15) is 25.3 Å². The molecule has 2 heteroatoms. The Bertz CT molecular complexity index is 360. The quantitative estimate of drug-likeness (QED) is 0.783. The van der Waals surface area contributed by atoms with Crippen LogP contribution in [0.4, 0.5) is 0 Å². The topological polar surface area (TPSA) is 21.3 Å². The second kappa shape index (κ2) is 5.71. The second-order valence-electron chi connectivity index (χ2n) is 4.12. The van der Waals surface area contributed by atoms with Crippen LogP contribution < -0.4 is 10.1 Å². The predicted molar refractivity (Wildman–Crippen MR) is 67.7 cm³/mol. The van der Waals surface area contributed by atoms with E-state index in [0.29, 0.717) is 6.04 Å². The van der Waals surface area contributed by atoms with E-state index < -0.39 is 0 Å². The SMILES string of the molecule is CCCCNC1C=Cc2ccccc2OC1. The van der Waals surface area contributed by atoms with Crippen LogP contribution in [0.2, 0.25) is 0 Å². The molecular formula is C14H19NO. The van der Waals surface area contributed by atoms with Gasteiger partial charge in [0.15, 0.2) is 0 Å². The average molecular weight is 217 g/mol. The summed E-state index contributed by atoms with van der Waals surface area (Å²) in [4.78, 5) is 0. The Balaban J connectivity index is 1.95. The molecule has 1 N–H and O–H groups in total. The molecule has 0 aliphatic carbocycles. The van der Waals surface area contributed by atoms with Crippen molar-refractivity contribution in [2.45, 2.75) is 25.8 Å². The van der Waals surface area contributed by atoms with Crippen molar-refractivity contribution < 1.29 is 4.74 Å². The number of benzene rings is 1. The molecule has 16 heavy (non-hydrogen) atoms. The van der Waals surface area contributed by atoms with Crippen LogP contribution in [0.25, 0.3) is 6.08 Å². The smallest absolute Gasteiger partial charge is 0.126 e. The van der Waals surface area contributed by atoms with Crippen molar-refractivity contribution in [1.29, 1.82) is 0 Å². The van der Waals surface area contributed by atoms with Gasteiger partial charge in [0.1, 0.15) is 12.4 Å². The van der Waals surface area contributed by atoms with E-state index in [9.17, 15) is 0 Å². The lowest BCUT2D eigenvalue weighted by atomic mass is 10.2. The Morgan fingerprint density at radius 3 is 3.12 bits per heavy atom. The van der Waals surface area contributed by atoms with E-state index in [0.717, 1.165) is 18.9 Å². The van der Waals surface area contributed by atoms with Crippen LogP contribution in [0.15, 0.2) is 30.3 Å². The van der Waals surface area contributed by atoms with E-state index in [1.165, 1.54) is 18.4 Å². The van der Waals surface area contributed by atoms with Gasteiger partial charge in [-0.25, -0.2) is 0 Å². The minimum Gasteiger partial charge on any atom is -0.491 e. The van der Waals surface area contributed by atoms with Gasteiger partial charge >= 0.3 is 0 Å². The van der Waals surface area contributed by atoms with Crippen molar-refractivity contribution in [3.63, 3.8) is 0 Å². The van der Waals surface area contributed by atoms with Crippen LogP contribution in [0.3, 0.4) is 0 Å². The molecule has 1 heterocycles. The molecule has 0 saturated heterocycles. The molecule has 2 nitrogen and oxygen atoms in total. The molecule has 0 amide bonds. The highest BCUT2D eigenvalue weighted by atomic mass is 16.5. The number of ether oxygens (including phenoxy) is 1. The average Bonchev–Trinajstić information content (AvgIpc) is 2.53. The van der Waals surface area contributed by atoms with Crippen LogP contribution in [0, 0.1) is 0 Å². The third kappa shape index (κ3) is 2.86. The summed E-state index contributed by atoms with van der Waals surface area (Å²) in [5, 5.41) is 3.49. The molecule has 0 spiro atoms. The first-order chi connectivity index (χ1) is 7.90. The molecule has 1 atom stereocenters. The first kappa shape index (κ1) is 11.2. The molecule has 0 bridgehead atoms. The minimum atomic E-state index is 0.332. The summed E-state index contributed by atoms with van der Waals surface area (Å²) in [6.45, 7) is 3.99. The van der Waals surface area contributed by atoms with Crippen LogP contribution in [-0.2, 0) is 0 Å². The van der Waals surface area contributed by atoms with Crippen molar-refractivity contribution in [3.05, 3.63) is 35.9 Å². The maximum atomic E-state index is 5.77.